The molecule has 110 valence electrons. The molecule has 0 aliphatic carbocycles. The van der Waals surface area contributed by atoms with Gasteiger partial charge in [0.05, 0.1) is 17.2 Å². The van der Waals surface area contributed by atoms with Crippen LogP contribution in [0.1, 0.15) is 16.8 Å². The summed E-state index contributed by atoms with van der Waals surface area (Å²) in [5, 5.41) is 9.84. The van der Waals surface area contributed by atoms with E-state index in [9.17, 15) is 14.7 Å². The largest absolute Gasteiger partial charge is 0.512 e. The second-order valence-corrected chi connectivity index (χ2v) is 5.86. The lowest BCUT2D eigenvalue weighted by atomic mass is 10.1. The number of allylic oxidation sites excluding steroid dienone is 1. The number of hydrogen-bond acceptors (Lipinski definition) is 5. The molecule has 0 saturated heterocycles. The van der Waals surface area contributed by atoms with E-state index in [-0.39, 0.29) is 23.7 Å². The van der Waals surface area contributed by atoms with Crippen molar-refractivity contribution >= 4 is 34.2 Å². The molecule has 1 aliphatic heterocycles. The molecule has 1 aliphatic rings. The number of hydrogen-bond donors (Lipinski definition) is 1. The number of carbonyl (C=O) groups is 2. The van der Waals surface area contributed by atoms with Gasteiger partial charge in [0.25, 0.3) is 5.91 Å². The first kappa shape index (κ1) is 15.3. The average Bonchev–Trinajstić information content (AvgIpc) is 2.44. The number of aliphatic hydroxyl groups excluding tert-OH is 1. The Labute approximate surface area is 127 Å². The Kier molecular flexibility index (Phi) is 4.80. The highest BCUT2D eigenvalue weighted by Gasteiger charge is 2.15. The van der Waals surface area contributed by atoms with Crippen molar-refractivity contribution in [2.45, 2.75) is 6.42 Å². The lowest BCUT2D eigenvalue weighted by Crippen LogP contribution is -2.11. The third-order valence-electron chi connectivity index (χ3n) is 2.93. The van der Waals surface area contributed by atoms with Gasteiger partial charge in [-0.1, -0.05) is 0 Å². The first-order valence-electron chi connectivity index (χ1n) is 6.40. The Balaban J connectivity index is 1.94. The zero-order chi connectivity index (χ0) is 15.4. The number of amides is 1. The standard InChI is InChI=1S/C15H16N2O3S/c1-17(2)11-5-3-10(4-6-11)13(19)9-21-15-8-12(18)7-14(20)16-15/h3-7,18H,8-9H2,1-2H3. The predicted octanol–water partition coefficient (Wildman–Crippen LogP) is 2.44. The first-order chi connectivity index (χ1) is 9.95. The number of carbonyl (C=O) groups excluding carboxylic acids is 2. The van der Waals surface area contributed by atoms with Gasteiger partial charge in [-0.05, 0) is 24.3 Å². The van der Waals surface area contributed by atoms with Crippen molar-refractivity contribution in [1.82, 2.24) is 0 Å². The van der Waals surface area contributed by atoms with Gasteiger partial charge in [0.2, 0.25) is 0 Å². The van der Waals surface area contributed by atoms with E-state index in [1.807, 2.05) is 31.1 Å². The second kappa shape index (κ2) is 6.58. The molecule has 1 amide bonds. The summed E-state index contributed by atoms with van der Waals surface area (Å²) < 4.78 is 0. The number of ketones is 1. The second-order valence-electron chi connectivity index (χ2n) is 4.81. The van der Waals surface area contributed by atoms with Gasteiger partial charge in [0.15, 0.2) is 5.78 Å². The molecule has 0 radical (unpaired) electrons. The van der Waals surface area contributed by atoms with Gasteiger partial charge in [-0.2, -0.15) is 0 Å². The van der Waals surface area contributed by atoms with Crippen LogP contribution in [-0.2, 0) is 4.79 Å². The first-order valence-corrected chi connectivity index (χ1v) is 7.38. The van der Waals surface area contributed by atoms with Gasteiger partial charge in [-0.15, -0.1) is 11.8 Å². The molecule has 21 heavy (non-hydrogen) atoms. The van der Waals surface area contributed by atoms with E-state index in [4.69, 9.17) is 0 Å². The Morgan fingerprint density at radius 3 is 2.57 bits per heavy atom. The van der Waals surface area contributed by atoms with E-state index in [1.54, 1.807) is 12.1 Å². The third kappa shape index (κ3) is 4.19. The van der Waals surface area contributed by atoms with Crippen molar-refractivity contribution in [3.05, 3.63) is 41.7 Å². The maximum atomic E-state index is 12.1. The highest BCUT2D eigenvalue weighted by Crippen LogP contribution is 2.19. The van der Waals surface area contributed by atoms with Crippen molar-refractivity contribution in [3.8, 4) is 0 Å². The van der Waals surface area contributed by atoms with Crippen LogP contribution in [0.15, 0.2) is 41.1 Å². The summed E-state index contributed by atoms with van der Waals surface area (Å²) in [5.74, 6) is -0.334. The van der Waals surface area contributed by atoms with Gasteiger partial charge in [-0.3, -0.25) is 9.59 Å². The molecule has 0 fully saturated rings. The molecular weight excluding hydrogens is 288 g/mol. The summed E-state index contributed by atoms with van der Waals surface area (Å²) in [7, 11) is 3.87. The third-order valence-corrected chi connectivity index (χ3v) is 3.91. The van der Waals surface area contributed by atoms with Crippen LogP contribution in [-0.4, -0.2) is 41.7 Å². The summed E-state index contributed by atoms with van der Waals surface area (Å²) in [5.41, 5.74) is 1.65. The number of dihydropyridines is 1. The molecule has 2 rings (SSSR count). The van der Waals surface area contributed by atoms with Crippen molar-refractivity contribution < 1.29 is 14.7 Å². The predicted molar refractivity (Wildman–Crippen MR) is 85.3 cm³/mol. The fourth-order valence-electron chi connectivity index (χ4n) is 1.80. The smallest absolute Gasteiger partial charge is 0.273 e. The normalized spacial score (nSPS) is 14.5. The minimum atomic E-state index is -0.482. The zero-order valence-corrected chi connectivity index (χ0v) is 12.7. The van der Waals surface area contributed by atoms with Gasteiger partial charge in [0.1, 0.15) is 5.76 Å². The molecule has 0 aromatic heterocycles. The lowest BCUT2D eigenvalue weighted by molar-refractivity contribution is -0.113. The summed E-state index contributed by atoms with van der Waals surface area (Å²) in [6.45, 7) is 0. The van der Waals surface area contributed by atoms with Crippen molar-refractivity contribution in [2.75, 3.05) is 24.7 Å². The Hall–Kier alpha value is -2.08. The van der Waals surface area contributed by atoms with Crippen molar-refractivity contribution in [3.63, 3.8) is 0 Å². The zero-order valence-electron chi connectivity index (χ0n) is 11.9. The maximum Gasteiger partial charge on any atom is 0.273 e. The molecule has 1 aromatic carbocycles. The van der Waals surface area contributed by atoms with E-state index in [0.29, 0.717) is 10.6 Å². The topological polar surface area (TPSA) is 70.0 Å². The number of anilines is 1. The maximum absolute atomic E-state index is 12.1. The van der Waals surface area contributed by atoms with Crippen LogP contribution in [0, 0.1) is 0 Å². The Morgan fingerprint density at radius 2 is 2.00 bits per heavy atom. The van der Waals surface area contributed by atoms with E-state index in [1.165, 1.54) is 11.8 Å². The van der Waals surface area contributed by atoms with Gasteiger partial charge in [-0.25, -0.2) is 4.99 Å². The minimum absolute atomic E-state index is 0.0136. The lowest BCUT2D eigenvalue weighted by Gasteiger charge is -2.12. The molecule has 0 saturated carbocycles. The number of thioether (sulfide) groups is 1. The van der Waals surface area contributed by atoms with E-state index < -0.39 is 5.91 Å². The Morgan fingerprint density at radius 1 is 1.33 bits per heavy atom. The van der Waals surface area contributed by atoms with Crippen LogP contribution in [0.4, 0.5) is 5.69 Å². The van der Waals surface area contributed by atoms with Crippen LogP contribution in [0.2, 0.25) is 0 Å². The molecule has 5 nitrogen and oxygen atoms in total. The molecular formula is C15H16N2O3S. The van der Waals surface area contributed by atoms with Crippen LogP contribution in [0.25, 0.3) is 0 Å². The van der Waals surface area contributed by atoms with Crippen LogP contribution in [0.3, 0.4) is 0 Å². The molecule has 6 heteroatoms. The summed E-state index contributed by atoms with van der Waals surface area (Å²) in [6.07, 6.45) is 1.30. The highest BCUT2D eigenvalue weighted by molar-refractivity contribution is 8.14. The number of aliphatic hydroxyl groups is 1. The molecule has 0 spiro atoms. The molecule has 1 heterocycles. The molecule has 1 N–H and O–H groups in total. The monoisotopic (exact) mass is 304 g/mol. The van der Waals surface area contributed by atoms with E-state index in [2.05, 4.69) is 4.99 Å². The van der Waals surface area contributed by atoms with Crippen LogP contribution >= 0.6 is 11.8 Å². The number of aliphatic imine (C=N–C) groups is 1. The number of rotatable bonds is 4. The SMILES string of the molecule is CN(C)c1ccc(C(=O)CSC2=NC(=O)C=C(O)C2)cc1. The average molecular weight is 304 g/mol. The molecule has 0 bridgehead atoms. The number of nitrogens with zero attached hydrogens (tertiary/aromatic N) is 2. The van der Waals surface area contributed by atoms with Gasteiger partial charge in [0, 0.05) is 31.4 Å². The van der Waals surface area contributed by atoms with Crippen molar-refractivity contribution in [1.29, 1.82) is 0 Å². The minimum Gasteiger partial charge on any atom is -0.512 e. The molecule has 0 unspecified atom stereocenters. The van der Waals surface area contributed by atoms with Crippen LogP contribution in [0.5, 0.6) is 0 Å². The molecule has 1 aromatic rings. The van der Waals surface area contributed by atoms with Crippen molar-refractivity contribution in [2.24, 2.45) is 4.99 Å². The summed E-state index contributed by atoms with van der Waals surface area (Å²) in [4.78, 5) is 29.0. The fourth-order valence-corrected chi connectivity index (χ4v) is 2.67. The number of benzene rings is 1. The van der Waals surface area contributed by atoms with Crippen LogP contribution < -0.4 is 4.90 Å². The van der Waals surface area contributed by atoms with E-state index in [0.717, 1.165) is 11.8 Å². The van der Waals surface area contributed by atoms with Gasteiger partial charge < -0.3 is 10.0 Å². The summed E-state index contributed by atoms with van der Waals surface area (Å²) in [6, 6.07) is 7.33. The number of Topliss-reactive ketones (excluding diaryl/α,β-unsaturated/α-hetero) is 1. The fraction of sp³-hybridized carbons (Fsp3) is 0.267. The summed E-state index contributed by atoms with van der Waals surface area (Å²) >= 11 is 1.19. The quantitative estimate of drug-likeness (QED) is 0.865. The van der Waals surface area contributed by atoms with Gasteiger partial charge >= 0.3 is 0 Å². The molecule has 0 atom stereocenters. The Bertz CT molecular complexity index is 618. The van der Waals surface area contributed by atoms with E-state index >= 15 is 0 Å². The highest BCUT2D eigenvalue weighted by atomic mass is 32.2.